The summed E-state index contributed by atoms with van der Waals surface area (Å²) in [7, 11) is 3.12. The monoisotopic (exact) mass is 357 g/mol. The molecule has 6 heteroatoms. The molecule has 0 aliphatic carbocycles. The largest absolute Gasteiger partial charge is 0.493 e. The number of hydrogen-bond acceptors (Lipinski definition) is 5. The molecule has 2 N–H and O–H groups in total. The highest BCUT2D eigenvalue weighted by molar-refractivity contribution is 5.79. The predicted octanol–water partition coefficient (Wildman–Crippen LogP) is 2.03. The van der Waals surface area contributed by atoms with E-state index >= 15 is 0 Å². The van der Waals surface area contributed by atoms with Gasteiger partial charge >= 0.3 is 0 Å². The molecule has 0 spiro atoms. The highest BCUT2D eigenvalue weighted by Gasteiger charge is 2.35. The molecule has 3 rings (SSSR count). The first-order valence-corrected chi connectivity index (χ1v) is 8.48. The SMILES string of the molecule is COc1ccc(CC(=O)NC[C@@]2(O)CCOc3ccccc32)cc1OC. The van der Waals surface area contributed by atoms with Gasteiger partial charge in [-0.15, -0.1) is 0 Å². The highest BCUT2D eigenvalue weighted by atomic mass is 16.5. The van der Waals surface area contributed by atoms with Gasteiger partial charge in [-0.3, -0.25) is 4.79 Å². The quantitative estimate of drug-likeness (QED) is 0.827. The van der Waals surface area contributed by atoms with Crippen LogP contribution in [-0.4, -0.2) is 38.4 Å². The van der Waals surface area contributed by atoms with Gasteiger partial charge in [0, 0.05) is 12.0 Å². The van der Waals surface area contributed by atoms with Gasteiger partial charge in [0.05, 0.1) is 33.8 Å². The number of amides is 1. The average Bonchev–Trinajstić information content (AvgIpc) is 2.67. The van der Waals surface area contributed by atoms with Crippen LogP contribution in [0, 0.1) is 0 Å². The summed E-state index contributed by atoms with van der Waals surface area (Å²) in [6.45, 7) is 0.554. The lowest BCUT2D eigenvalue weighted by Gasteiger charge is -2.34. The number of hydrogen-bond donors (Lipinski definition) is 2. The fourth-order valence-electron chi connectivity index (χ4n) is 3.11. The van der Waals surface area contributed by atoms with Crippen molar-refractivity contribution in [2.75, 3.05) is 27.4 Å². The smallest absolute Gasteiger partial charge is 0.224 e. The molecule has 0 saturated heterocycles. The highest BCUT2D eigenvalue weighted by Crippen LogP contribution is 2.36. The maximum atomic E-state index is 12.3. The van der Waals surface area contributed by atoms with Crippen molar-refractivity contribution in [2.24, 2.45) is 0 Å². The van der Waals surface area contributed by atoms with Gasteiger partial charge in [0.1, 0.15) is 11.4 Å². The standard InChI is InChI=1S/C20H23NO5/c1-24-17-8-7-14(11-18(17)25-2)12-19(22)21-13-20(23)9-10-26-16-6-4-3-5-15(16)20/h3-8,11,23H,9-10,12-13H2,1-2H3,(H,21,22)/t20-/m0/s1. The van der Waals surface area contributed by atoms with Crippen LogP contribution in [0.3, 0.4) is 0 Å². The van der Waals surface area contributed by atoms with Crippen LogP contribution in [0.1, 0.15) is 17.5 Å². The third kappa shape index (κ3) is 3.75. The van der Waals surface area contributed by atoms with Gasteiger partial charge in [0.15, 0.2) is 11.5 Å². The number of ether oxygens (including phenoxy) is 3. The summed E-state index contributed by atoms with van der Waals surface area (Å²) in [5.41, 5.74) is 0.388. The van der Waals surface area contributed by atoms with Crippen molar-refractivity contribution in [3.63, 3.8) is 0 Å². The summed E-state index contributed by atoms with van der Waals surface area (Å²) in [5.74, 6) is 1.68. The van der Waals surface area contributed by atoms with Crippen LogP contribution in [0.5, 0.6) is 17.2 Å². The number of aliphatic hydroxyl groups is 1. The molecule has 0 bridgehead atoms. The van der Waals surface area contributed by atoms with E-state index in [1.165, 1.54) is 0 Å². The Morgan fingerprint density at radius 1 is 1.19 bits per heavy atom. The molecule has 1 amide bonds. The van der Waals surface area contributed by atoms with E-state index in [9.17, 15) is 9.90 Å². The van der Waals surface area contributed by atoms with Crippen molar-refractivity contribution in [1.82, 2.24) is 5.32 Å². The first-order chi connectivity index (χ1) is 12.6. The zero-order chi connectivity index (χ0) is 18.6. The second kappa shape index (κ2) is 7.66. The first kappa shape index (κ1) is 18.1. The zero-order valence-corrected chi connectivity index (χ0v) is 15.0. The normalized spacial score (nSPS) is 18.4. The maximum Gasteiger partial charge on any atom is 0.224 e. The van der Waals surface area contributed by atoms with Crippen LogP contribution in [-0.2, 0) is 16.8 Å². The Kier molecular flexibility index (Phi) is 5.32. The minimum atomic E-state index is -1.12. The summed E-state index contributed by atoms with van der Waals surface area (Å²) in [6.07, 6.45) is 0.620. The Bertz CT molecular complexity index is 792. The van der Waals surface area contributed by atoms with Crippen LogP contribution in [0.2, 0.25) is 0 Å². The number of nitrogens with one attached hydrogen (secondary N) is 1. The second-order valence-electron chi connectivity index (χ2n) is 6.27. The summed E-state index contributed by atoms with van der Waals surface area (Å²) >= 11 is 0. The van der Waals surface area contributed by atoms with E-state index in [2.05, 4.69) is 5.32 Å². The lowest BCUT2D eigenvalue weighted by Crippen LogP contribution is -2.44. The zero-order valence-electron chi connectivity index (χ0n) is 15.0. The van der Waals surface area contributed by atoms with Gasteiger partial charge in [-0.05, 0) is 23.8 Å². The molecule has 2 aromatic carbocycles. The molecular weight excluding hydrogens is 334 g/mol. The van der Waals surface area contributed by atoms with Crippen LogP contribution in [0.4, 0.5) is 0 Å². The molecule has 6 nitrogen and oxygen atoms in total. The number of rotatable bonds is 6. The van der Waals surface area contributed by atoms with E-state index in [4.69, 9.17) is 14.2 Å². The fourth-order valence-corrected chi connectivity index (χ4v) is 3.11. The molecule has 2 aromatic rings. The van der Waals surface area contributed by atoms with E-state index in [0.29, 0.717) is 35.8 Å². The summed E-state index contributed by atoms with van der Waals surface area (Å²) in [5, 5.41) is 13.8. The topological polar surface area (TPSA) is 77.0 Å². The molecule has 138 valence electrons. The molecule has 0 aromatic heterocycles. The molecular formula is C20H23NO5. The Hall–Kier alpha value is -2.73. The fraction of sp³-hybridized carbons (Fsp3) is 0.350. The molecule has 0 radical (unpaired) electrons. The van der Waals surface area contributed by atoms with E-state index in [-0.39, 0.29) is 18.9 Å². The predicted molar refractivity (Wildman–Crippen MR) is 96.7 cm³/mol. The minimum Gasteiger partial charge on any atom is -0.493 e. The van der Waals surface area contributed by atoms with Crippen LogP contribution >= 0.6 is 0 Å². The van der Waals surface area contributed by atoms with Gasteiger partial charge in [-0.2, -0.15) is 0 Å². The molecule has 26 heavy (non-hydrogen) atoms. The number of methoxy groups -OCH3 is 2. The number of carbonyl (C=O) groups is 1. The lowest BCUT2D eigenvalue weighted by molar-refractivity contribution is -0.122. The van der Waals surface area contributed by atoms with Crippen LogP contribution in [0.15, 0.2) is 42.5 Å². The lowest BCUT2D eigenvalue weighted by atomic mass is 9.88. The molecule has 1 heterocycles. The van der Waals surface area contributed by atoms with E-state index in [1.807, 2.05) is 30.3 Å². The van der Waals surface area contributed by atoms with Crippen LogP contribution < -0.4 is 19.5 Å². The van der Waals surface area contributed by atoms with Gasteiger partial charge in [0.25, 0.3) is 0 Å². The minimum absolute atomic E-state index is 0.138. The van der Waals surface area contributed by atoms with Gasteiger partial charge in [0.2, 0.25) is 5.91 Å². The first-order valence-electron chi connectivity index (χ1n) is 8.48. The molecule has 0 saturated carbocycles. The summed E-state index contributed by atoms with van der Waals surface area (Å²) in [4.78, 5) is 12.3. The van der Waals surface area contributed by atoms with E-state index in [1.54, 1.807) is 26.4 Å². The van der Waals surface area contributed by atoms with Crippen molar-refractivity contribution in [3.8, 4) is 17.2 Å². The second-order valence-corrected chi connectivity index (χ2v) is 6.27. The molecule has 0 unspecified atom stereocenters. The number of fused-ring (bicyclic) bond motifs is 1. The van der Waals surface area contributed by atoms with Crippen LogP contribution in [0.25, 0.3) is 0 Å². The Labute approximate surface area is 152 Å². The van der Waals surface area contributed by atoms with Gasteiger partial charge < -0.3 is 24.6 Å². The Morgan fingerprint density at radius 3 is 2.73 bits per heavy atom. The Morgan fingerprint density at radius 2 is 1.96 bits per heavy atom. The Balaban J connectivity index is 1.65. The van der Waals surface area contributed by atoms with E-state index in [0.717, 1.165) is 5.56 Å². The van der Waals surface area contributed by atoms with Gasteiger partial charge in [-0.1, -0.05) is 24.3 Å². The van der Waals surface area contributed by atoms with Crippen molar-refractivity contribution < 1.29 is 24.1 Å². The maximum absolute atomic E-state index is 12.3. The number of carbonyl (C=O) groups excluding carboxylic acids is 1. The molecule has 0 fully saturated rings. The summed E-state index contributed by atoms with van der Waals surface area (Å²) < 4.78 is 16.0. The number of para-hydroxylation sites is 1. The number of benzene rings is 2. The third-order valence-corrected chi connectivity index (χ3v) is 4.55. The van der Waals surface area contributed by atoms with E-state index < -0.39 is 5.60 Å². The molecule has 1 aliphatic heterocycles. The van der Waals surface area contributed by atoms with Crippen molar-refractivity contribution >= 4 is 5.91 Å². The van der Waals surface area contributed by atoms with Crippen molar-refractivity contribution in [1.29, 1.82) is 0 Å². The average molecular weight is 357 g/mol. The van der Waals surface area contributed by atoms with Crippen molar-refractivity contribution in [2.45, 2.75) is 18.4 Å². The van der Waals surface area contributed by atoms with Gasteiger partial charge in [-0.25, -0.2) is 0 Å². The third-order valence-electron chi connectivity index (χ3n) is 4.55. The molecule has 1 aliphatic rings. The molecule has 1 atom stereocenters. The van der Waals surface area contributed by atoms with Crippen molar-refractivity contribution in [3.05, 3.63) is 53.6 Å². The summed E-state index contributed by atoms with van der Waals surface area (Å²) in [6, 6.07) is 12.7.